The molecule has 0 aliphatic heterocycles. The molecular weight excluding hydrogens is 258 g/mol. The molecule has 1 aromatic heterocycles. The zero-order valence-corrected chi connectivity index (χ0v) is 7.83. The summed E-state index contributed by atoms with van der Waals surface area (Å²) in [6.45, 7) is 0. The van der Waals surface area contributed by atoms with Crippen molar-refractivity contribution in [2.45, 2.75) is 6.18 Å². The van der Waals surface area contributed by atoms with E-state index in [1.807, 2.05) is 0 Å². The lowest BCUT2D eigenvalue weighted by Gasteiger charge is -2.08. The molecule has 0 saturated heterocycles. The van der Waals surface area contributed by atoms with Gasteiger partial charge in [-0.05, 0) is 22.0 Å². The van der Waals surface area contributed by atoms with Gasteiger partial charge >= 0.3 is 6.18 Å². The summed E-state index contributed by atoms with van der Waals surface area (Å²) in [5, 5.41) is -0.412. The normalized spacial score (nSPS) is 11.8. The van der Waals surface area contributed by atoms with Gasteiger partial charge in [-0.3, -0.25) is 0 Å². The van der Waals surface area contributed by atoms with E-state index in [4.69, 9.17) is 11.6 Å². The highest BCUT2D eigenvalue weighted by molar-refractivity contribution is 9.10. The van der Waals surface area contributed by atoms with Crippen LogP contribution < -0.4 is 0 Å². The van der Waals surface area contributed by atoms with Crippen LogP contribution in [-0.4, -0.2) is 4.98 Å². The number of pyridine rings is 1. The van der Waals surface area contributed by atoms with Crippen molar-refractivity contribution in [3.8, 4) is 0 Å². The molecule has 0 aromatic carbocycles. The van der Waals surface area contributed by atoms with Gasteiger partial charge in [0, 0.05) is 6.20 Å². The van der Waals surface area contributed by atoms with Crippen molar-refractivity contribution in [3.05, 3.63) is 27.5 Å². The Morgan fingerprint density at radius 1 is 1.42 bits per heavy atom. The Labute approximate surface area is 79.7 Å². The molecule has 0 unspecified atom stereocenters. The molecule has 0 aliphatic carbocycles. The third-order valence-electron chi connectivity index (χ3n) is 1.15. The molecule has 6 heteroatoms. The first-order valence-corrected chi connectivity index (χ1v) is 3.97. The number of rotatable bonds is 0. The Balaban J connectivity index is 3.26. The molecule has 0 amide bonds. The first-order valence-electron chi connectivity index (χ1n) is 2.80. The van der Waals surface area contributed by atoms with Crippen LogP contribution in [0.2, 0.25) is 5.02 Å². The second-order valence-electron chi connectivity index (χ2n) is 1.96. The molecule has 0 spiro atoms. The quantitative estimate of drug-likeness (QED) is 0.650. The first kappa shape index (κ1) is 9.80. The minimum Gasteiger partial charge on any atom is -0.248 e. The molecule has 0 saturated carbocycles. The van der Waals surface area contributed by atoms with Gasteiger partial charge in [0.2, 0.25) is 0 Å². The maximum Gasteiger partial charge on any atom is 0.417 e. The van der Waals surface area contributed by atoms with E-state index < -0.39 is 16.8 Å². The Hall–Kier alpha value is -0.290. The predicted octanol–water partition coefficient (Wildman–Crippen LogP) is 3.52. The summed E-state index contributed by atoms with van der Waals surface area (Å²) in [5.74, 6) is 0. The Morgan fingerprint density at radius 3 is 2.42 bits per heavy atom. The van der Waals surface area contributed by atoms with E-state index in [9.17, 15) is 13.2 Å². The molecule has 0 atom stereocenters. The van der Waals surface area contributed by atoms with Crippen molar-refractivity contribution in [3.63, 3.8) is 0 Å². The summed E-state index contributed by atoms with van der Waals surface area (Å²) in [6, 6.07) is 0.826. The topological polar surface area (TPSA) is 12.9 Å². The van der Waals surface area contributed by atoms with Gasteiger partial charge in [0.1, 0.15) is 4.60 Å². The second kappa shape index (κ2) is 3.22. The fourth-order valence-electron chi connectivity index (χ4n) is 0.637. The molecular formula is C6H2BrClF3N. The summed E-state index contributed by atoms with van der Waals surface area (Å²) < 4.78 is 36.3. The van der Waals surface area contributed by atoms with Crippen molar-refractivity contribution < 1.29 is 13.2 Å². The molecule has 1 nitrogen and oxygen atoms in total. The van der Waals surface area contributed by atoms with Gasteiger partial charge in [0.15, 0.2) is 0 Å². The van der Waals surface area contributed by atoms with Crippen molar-refractivity contribution in [2.75, 3.05) is 0 Å². The van der Waals surface area contributed by atoms with Crippen LogP contribution in [0.15, 0.2) is 16.9 Å². The average molecular weight is 260 g/mol. The lowest BCUT2D eigenvalue weighted by atomic mass is 10.3. The molecule has 12 heavy (non-hydrogen) atoms. The van der Waals surface area contributed by atoms with E-state index in [0.717, 1.165) is 12.3 Å². The maximum absolute atomic E-state index is 12.1. The lowest BCUT2D eigenvalue weighted by Crippen LogP contribution is -2.06. The van der Waals surface area contributed by atoms with Crippen molar-refractivity contribution in [1.29, 1.82) is 0 Å². The fraction of sp³-hybridized carbons (Fsp3) is 0.167. The summed E-state index contributed by atoms with van der Waals surface area (Å²) in [7, 11) is 0. The van der Waals surface area contributed by atoms with Gasteiger partial charge in [-0.15, -0.1) is 0 Å². The number of hydrogen-bond donors (Lipinski definition) is 0. The average Bonchev–Trinajstić information content (AvgIpc) is 1.92. The zero-order valence-electron chi connectivity index (χ0n) is 5.49. The van der Waals surface area contributed by atoms with Crippen LogP contribution >= 0.6 is 27.5 Å². The second-order valence-corrected chi connectivity index (χ2v) is 3.09. The largest absolute Gasteiger partial charge is 0.417 e. The summed E-state index contributed by atoms with van der Waals surface area (Å²) in [4.78, 5) is 3.54. The lowest BCUT2D eigenvalue weighted by molar-refractivity contribution is -0.137. The van der Waals surface area contributed by atoms with E-state index in [1.165, 1.54) is 0 Å². The van der Waals surface area contributed by atoms with Crippen LogP contribution in [-0.2, 0) is 6.18 Å². The van der Waals surface area contributed by atoms with Crippen LogP contribution in [0.25, 0.3) is 0 Å². The Bertz CT molecular complexity index is 299. The third-order valence-corrected chi connectivity index (χ3v) is 2.36. The molecule has 1 heterocycles. The standard InChI is InChI=1S/C6H2BrClF3N/c7-5-4(8)3(1-2-12-5)6(9,10)11/h1-2H. The highest BCUT2D eigenvalue weighted by atomic mass is 79.9. The Morgan fingerprint density at radius 2 is 2.00 bits per heavy atom. The highest BCUT2D eigenvalue weighted by Gasteiger charge is 2.33. The monoisotopic (exact) mass is 259 g/mol. The van der Waals surface area contributed by atoms with Crippen molar-refractivity contribution in [1.82, 2.24) is 4.98 Å². The van der Waals surface area contributed by atoms with Gasteiger partial charge in [-0.2, -0.15) is 13.2 Å². The van der Waals surface area contributed by atoms with E-state index in [1.54, 1.807) is 0 Å². The van der Waals surface area contributed by atoms with E-state index in [0.29, 0.717) is 0 Å². The van der Waals surface area contributed by atoms with Gasteiger partial charge in [-0.25, -0.2) is 4.98 Å². The minimum absolute atomic E-state index is 0.000934. The predicted molar refractivity (Wildman–Crippen MR) is 41.9 cm³/mol. The fourth-order valence-corrected chi connectivity index (χ4v) is 1.19. The smallest absolute Gasteiger partial charge is 0.248 e. The number of halogens is 5. The van der Waals surface area contributed by atoms with Gasteiger partial charge in [0.05, 0.1) is 10.6 Å². The number of aromatic nitrogens is 1. The molecule has 1 aromatic rings. The molecule has 66 valence electrons. The van der Waals surface area contributed by atoms with Crippen LogP contribution in [0.1, 0.15) is 5.56 Å². The highest BCUT2D eigenvalue weighted by Crippen LogP contribution is 2.36. The number of alkyl halides is 3. The molecule has 0 bridgehead atoms. The van der Waals surface area contributed by atoms with Crippen LogP contribution in [0, 0.1) is 0 Å². The summed E-state index contributed by atoms with van der Waals surface area (Å²) in [5.41, 5.74) is -0.883. The van der Waals surface area contributed by atoms with E-state index >= 15 is 0 Å². The number of nitrogens with zero attached hydrogens (tertiary/aromatic N) is 1. The SMILES string of the molecule is FC(F)(F)c1ccnc(Br)c1Cl. The van der Waals surface area contributed by atoms with Crippen LogP contribution in [0.5, 0.6) is 0 Å². The van der Waals surface area contributed by atoms with Crippen molar-refractivity contribution >= 4 is 27.5 Å². The van der Waals surface area contributed by atoms with Gasteiger partial charge in [0.25, 0.3) is 0 Å². The van der Waals surface area contributed by atoms with Gasteiger partial charge in [-0.1, -0.05) is 11.6 Å². The molecule has 0 radical (unpaired) electrons. The van der Waals surface area contributed by atoms with E-state index in [2.05, 4.69) is 20.9 Å². The van der Waals surface area contributed by atoms with Gasteiger partial charge < -0.3 is 0 Å². The first-order chi connectivity index (χ1) is 5.43. The number of hydrogen-bond acceptors (Lipinski definition) is 1. The Kier molecular flexibility index (Phi) is 2.63. The molecule has 0 aliphatic rings. The molecule has 0 N–H and O–H groups in total. The van der Waals surface area contributed by atoms with Crippen molar-refractivity contribution in [2.24, 2.45) is 0 Å². The molecule has 1 rings (SSSR count). The third kappa shape index (κ3) is 1.90. The minimum atomic E-state index is -4.43. The van der Waals surface area contributed by atoms with E-state index in [-0.39, 0.29) is 4.60 Å². The van der Waals surface area contributed by atoms with Crippen LogP contribution in [0.4, 0.5) is 13.2 Å². The zero-order chi connectivity index (χ0) is 9.35. The van der Waals surface area contributed by atoms with Crippen LogP contribution in [0.3, 0.4) is 0 Å². The maximum atomic E-state index is 12.1. The summed E-state index contributed by atoms with van der Waals surface area (Å²) in [6.07, 6.45) is -3.39. The molecule has 0 fully saturated rings. The summed E-state index contributed by atoms with van der Waals surface area (Å²) >= 11 is 8.14.